The number of Topliss-reactive ketones (excluding diaryl/α,β-unsaturated/α-hetero) is 1. The molecule has 1 aliphatic carbocycles. The summed E-state index contributed by atoms with van der Waals surface area (Å²) in [5, 5.41) is 0.183. The highest BCUT2D eigenvalue weighted by molar-refractivity contribution is 6.57. The Hall–Kier alpha value is -1.58. The summed E-state index contributed by atoms with van der Waals surface area (Å²) in [6.45, 7) is 3.33. The van der Waals surface area contributed by atoms with Gasteiger partial charge in [0.15, 0.2) is 0 Å². The van der Waals surface area contributed by atoms with Crippen molar-refractivity contribution in [3.8, 4) is 0 Å². The van der Waals surface area contributed by atoms with Crippen LogP contribution in [0.2, 0.25) is 0 Å². The van der Waals surface area contributed by atoms with Gasteiger partial charge in [-0.15, -0.1) is 0 Å². The number of halogens is 2. The summed E-state index contributed by atoms with van der Waals surface area (Å²) in [5.41, 5.74) is 1.56. The molecule has 0 saturated heterocycles. The van der Waals surface area contributed by atoms with E-state index in [-0.39, 0.29) is 15.8 Å². The van der Waals surface area contributed by atoms with Crippen LogP contribution >= 0.6 is 23.2 Å². The first-order valence-electron chi connectivity index (χ1n) is 12.8. The lowest BCUT2D eigenvalue weighted by Gasteiger charge is -2.18. The third-order valence-electron chi connectivity index (χ3n) is 6.03. The van der Waals surface area contributed by atoms with Crippen molar-refractivity contribution in [3.05, 3.63) is 58.5 Å². The Morgan fingerprint density at radius 2 is 1.21 bits per heavy atom. The molecule has 3 nitrogen and oxygen atoms in total. The SMILES string of the molecule is CCCCCCCCCCCCCCCCN1C=CC(=CN=C2C=C(Cl)C(=O)C(Cl)=C2)C=C1. The molecular formula is C28H40Cl2N2O. The lowest BCUT2D eigenvalue weighted by atomic mass is 10.0. The van der Waals surface area contributed by atoms with Crippen LogP contribution in [0, 0.1) is 0 Å². The molecule has 1 heterocycles. The second-order valence-corrected chi connectivity index (χ2v) is 9.78. The van der Waals surface area contributed by atoms with Crippen molar-refractivity contribution in [3.63, 3.8) is 0 Å². The monoisotopic (exact) mass is 490 g/mol. The Labute approximate surface area is 211 Å². The Balaban J connectivity index is 1.49. The Morgan fingerprint density at radius 3 is 1.70 bits per heavy atom. The van der Waals surface area contributed by atoms with Crippen molar-refractivity contribution in [2.75, 3.05) is 6.54 Å². The number of unbranched alkanes of at least 4 members (excludes halogenated alkanes) is 13. The number of allylic oxidation sites excluding steroid dienone is 7. The second kappa shape index (κ2) is 16.9. The summed E-state index contributed by atoms with van der Waals surface area (Å²) in [6, 6.07) is 0. The first-order chi connectivity index (χ1) is 16.1. The number of ketones is 1. The fourth-order valence-electron chi connectivity index (χ4n) is 3.96. The van der Waals surface area contributed by atoms with E-state index in [1.54, 1.807) is 6.20 Å². The van der Waals surface area contributed by atoms with Gasteiger partial charge in [-0.3, -0.25) is 9.79 Å². The van der Waals surface area contributed by atoms with Crippen molar-refractivity contribution < 1.29 is 4.79 Å². The van der Waals surface area contributed by atoms with Crippen molar-refractivity contribution in [2.45, 2.75) is 96.8 Å². The zero-order valence-corrected chi connectivity index (χ0v) is 21.7. The largest absolute Gasteiger partial charge is 0.354 e. The first-order valence-corrected chi connectivity index (χ1v) is 13.5. The summed E-state index contributed by atoms with van der Waals surface area (Å²) in [4.78, 5) is 18.1. The molecule has 2 rings (SSSR count). The van der Waals surface area contributed by atoms with E-state index in [9.17, 15) is 4.79 Å². The maximum absolute atomic E-state index is 11.6. The molecule has 33 heavy (non-hydrogen) atoms. The molecule has 0 aromatic heterocycles. The van der Waals surface area contributed by atoms with Gasteiger partial charge in [0.25, 0.3) is 0 Å². The van der Waals surface area contributed by atoms with Crippen LogP contribution in [0.5, 0.6) is 0 Å². The smallest absolute Gasteiger partial charge is 0.215 e. The third-order valence-corrected chi connectivity index (χ3v) is 6.59. The highest BCUT2D eigenvalue weighted by Gasteiger charge is 2.17. The molecule has 0 amide bonds. The van der Waals surface area contributed by atoms with Crippen LogP contribution in [0.3, 0.4) is 0 Å². The number of carbonyl (C=O) groups is 1. The zero-order chi connectivity index (χ0) is 23.7. The van der Waals surface area contributed by atoms with Gasteiger partial charge in [-0.1, -0.05) is 114 Å². The Kier molecular flexibility index (Phi) is 14.2. The standard InChI is InChI=1S/C28H40Cl2N2O/c1-2-3-4-5-6-7-8-9-10-11-12-13-14-15-18-32-19-16-24(17-20-32)23-31-25-21-26(29)28(33)27(30)22-25/h16-17,19-23H,2-15,18H2,1H3. The van der Waals surface area contributed by atoms with Crippen LogP contribution in [0.25, 0.3) is 0 Å². The molecule has 0 atom stereocenters. The summed E-state index contributed by atoms with van der Waals surface area (Å²) in [7, 11) is 0. The predicted octanol–water partition coefficient (Wildman–Crippen LogP) is 8.96. The average molecular weight is 492 g/mol. The number of rotatable bonds is 16. The summed E-state index contributed by atoms with van der Waals surface area (Å²) in [6.07, 6.45) is 32.4. The molecule has 5 heteroatoms. The highest BCUT2D eigenvalue weighted by atomic mass is 35.5. The van der Waals surface area contributed by atoms with Crippen molar-refractivity contribution in [1.29, 1.82) is 0 Å². The van der Waals surface area contributed by atoms with E-state index in [0.717, 1.165) is 12.1 Å². The second-order valence-electron chi connectivity index (χ2n) is 8.96. The van der Waals surface area contributed by atoms with Gasteiger partial charge in [-0.05, 0) is 36.3 Å². The molecule has 0 fully saturated rings. The number of aliphatic imine (C=N–C) groups is 1. The first kappa shape index (κ1) is 27.7. The fourth-order valence-corrected chi connectivity index (χ4v) is 4.44. The van der Waals surface area contributed by atoms with Crippen LogP contribution in [-0.2, 0) is 4.79 Å². The number of carbonyl (C=O) groups excluding carboxylic acids is 1. The molecule has 0 unspecified atom stereocenters. The number of nitrogens with zero attached hydrogens (tertiary/aromatic N) is 2. The zero-order valence-electron chi connectivity index (χ0n) is 20.2. The minimum atomic E-state index is -0.360. The molecule has 0 saturated carbocycles. The normalized spacial score (nSPS) is 15.7. The molecule has 0 radical (unpaired) electrons. The topological polar surface area (TPSA) is 32.7 Å². The predicted molar refractivity (Wildman–Crippen MR) is 144 cm³/mol. The van der Waals surface area contributed by atoms with Gasteiger partial charge < -0.3 is 4.90 Å². The van der Waals surface area contributed by atoms with Gasteiger partial charge in [0.05, 0.1) is 15.8 Å². The Morgan fingerprint density at radius 1 is 0.758 bits per heavy atom. The van der Waals surface area contributed by atoms with Crippen LogP contribution in [0.15, 0.2) is 63.5 Å². The highest BCUT2D eigenvalue weighted by Crippen LogP contribution is 2.20. The third kappa shape index (κ3) is 11.9. The fraction of sp³-hybridized carbons (Fsp3) is 0.571. The molecule has 2 aliphatic rings. The lowest BCUT2D eigenvalue weighted by molar-refractivity contribution is -0.111. The molecule has 0 aromatic rings. The molecular weight excluding hydrogens is 451 g/mol. The van der Waals surface area contributed by atoms with Gasteiger partial charge >= 0.3 is 0 Å². The van der Waals surface area contributed by atoms with E-state index in [0.29, 0.717) is 5.71 Å². The molecule has 1 aliphatic heterocycles. The van der Waals surface area contributed by atoms with Crippen LogP contribution < -0.4 is 0 Å². The number of hydrogen-bond donors (Lipinski definition) is 0. The molecule has 182 valence electrons. The van der Waals surface area contributed by atoms with Crippen LogP contribution in [0.1, 0.15) is 96.8 Å². The van der Waals surface area contributed by atoms with E-state index < -0.39 is 0 Å². The van der Waals surface area contributed by atoms with Crippen LogP contribution in [0.4, 0.5) is 0 Å². The summed E-state index contributed by atoms with van der Waals surface area (Å²) in [5.74, 6) is -0.360. The quantitative estimate of drug-likeness (QED) is 0.159. The van der Waals surface area contributed by atoms with E-state index in [2.05, 4.69) is 29.2 Å². The van der Waals surface area contributed by atoms with Gasteiger partial charge in [0, 0.05) is 25.1 Å². The Bertz CT molecular complexity index is 750. The van der Waals surface area contributed by atoms with Gasteiger partial charge in [0.2, 0.25) is 5.78 Å². The maximum atomic E-state index is 11.6. The molecule has 0 aromatic carbocycles. The van der Waals surface area contributed by atoms with E-state index in [1.807, 2.05) is 12.2 Å². The van der Waals surface area contributed by atoms with Crippen molar-refractivity contribution >= 4 is 34.7 Å². The van der Waals surface area contributed by atoms with Gasteiger partial charge in [0.1, 0.15) is 0 Å². The summed E-state index contributed by atoms with van der Waals surface area (Å²) >= 11 is 11.8. The molecule has 0 spiro atoms. The van der Waals surface area contributed by atoms with Crippen LogP contribution in [-0.4, -0.2) is 22.9 Å². The van der Waals surface area contributed by atoms with Crippen molar-refractivity contribution in [2.24, 2.45) is 4.99 Å². The summed E-state index contributed by atoms with van der Waals surface area (Å²) < 4.78 is 0. The minimum Gasteiger partial charge on any atom is -0.354 e. The van der Waals surface area contributed by atoms with Gasteiger partial charge in [-0.2, -0.15) is 0 Å². The van der Waals surface area contributed by atoms with E-state index in [4.69, 9.17) is 23.2 Å². The molecule has 0 bridgehead atoms. The van der Waals surface area contributed by atoms with Gasteiger partial charge in [-0.25, -0.2) is 0 Å². The minimum absolute atomic E-state index is 0.0914. The maximum Gasteiger partial charge on any atom is 0.215 e. The molecule has 0 N–H and O–H groups in total. The van der Waals surface area contributed by atoms with Crippen molar-refractivity contribution in [1.82, 2.24) is 4.90 Å². The lowest BCUT2D eigenvalue weighted by Crippen LogP contribution is -2.13. The van der Waals surface area contributed by atoms with E-state index >= 15 is 0 Å². The number of hydrogen-bond acceptors (Lipinski definition) is 3. The average Bonchev–Trinajstić information content (AvgIpc) is 2.82. The van der Waals surface area contributed by atoms with E-state index in [1.165, 1.54) is 102 Å².